The number of carbonyl (C=O) groups is 1. The molecule has 1 aliphatic heterocycles. The molecule has 186 valence electrons. The van der Waals surface area contributed by atoms with Gasteiger partial charge in [0, 0.05) is 37.5 Å². The minimum absolute atomic E-state index is 0.00687. The van der Waals surface area contributed by atoms with Gasteiger partial charge in [0.1, 0.15) is 18.0 Å². The van der Waals surface area contributed by atoms with Gasteiger partial charge in [-0.1, -0.05) is 12.1 Å². The average Bonchev–Trinajstić information content (AvgIpc) is 2.71. The van der Waals surface area contributed by atoms with Gasteiger partial charge in [0.05, 0.1) is 18.1 Å². The fraction of sp³-hybridized carbons (Fsp3) is 0.522. The summed E-state index contributed by atoms with van der Waals surface area (Å²) in [6.07, 6.45) is 3.81. The van der Waals surface area contributed by atoms with Crippen molar-refractivity contribution in [2.75, 3.05) is 30.8 Å². The second-order valence-electron chi connectivity index (χ2n) is 9.47. The molecule has 1 aromatic heterocycles. The van der Waals surface area contributed by atoms with Crippen molar-refractivity contribution in [3.05, 3.63) is 47.5 Å². The Balaban J connectivity index is 1.56. The van der Waals surface area contributed by atoms with Gasteiger partial charge in [-0.3, -0.25) is 0 Å². The van der Waals surface area contributed by atoms with Crippen molar-refractivity contribution in [1.29, 1.82) is 0 Å². The summed E-state index contributed by atoms with van der Waals surface area (Å²) in [5.41, 5.74) is 0.142. The summed E-state index contributed by atoms with van der Waals surface area (Å²) in [7, 11) is -3.24. The molecule has 1 aromatic carbocycles. The molecular formula is C23H31FN4O5S. The summed E-state index contributed by atoms with van der Waals surface area (Å²) in [6, 6.07) is 4.28. The van der Waals surface area contributed by atoms with Crippen molar-refractivity contribution < 1.29 is 27.1 Å². The van der Waals surface area contributed by atoms with Crippen LogP contribution in [0.4, 0.5) is 15.1 Å². The normalized spacial score (nSPS) is 16.9. The number of piperazine rings is 1. The van der Waals surface area contributed by atoms with Gasteiger partial charge in [0.15, 0.2) is 15.6 Å². The molecule has 2 heterocycles. The van der Waals surface area contributed by atoms with Crippen molar-refractivity contribution in [3.8, 4) is 5.75 Å². The first-order valence-electron chi connectivity index (χ1n) is 11.0. The fourth-order valence-corrected chi connectivity index (χ4v) is 4.33. The van der Waals surface area contributed by atoms with E-state index in [2.05, 4.69) is 9.97 Å². The molecule has 0 spiro atoms. The molecule has 1 atom stereocenters. The van der Waals surface area contributed by atoms with Crippen LogP contribution < -0.4 is 9.64 Å². The molecule has 34 heavy (non-hydrogen) atoms. The molecule has 3 rings (SSSR count). The third-order valence-electron chi connectivity index (χ3n) is 5.09. The number of carbonyl (C=O) groups excluding carboxylic acids is 1. The van der Waals surface area contributed by atoms with Crippen molar-refractivity contribution in [1.82, 2.24) is 14.9 Å². The van der Waals surface area contributed by atoms with Crippen LogP contribution in [0.1, 0.15) is 38.8 Å². The second-order valence-corrected chi connectivity index (χ2v) is 11.6. The predicted octanol–water partition coefficient (Wildman–Crippen LogP) is 3.18. The summed E-state index contributed by atoms with van der Waals surface area (Å²) in [6.45, 7) is 9.00. The molecule has 0 bridgehead atoms. The summed E-state index contributed by atoms with van der Waals surface area (Å²) in [4.78, 5) is 24.7. The Morgan fingerprint density at radius 2 is 1.88 bits per heavy atom. The minimum Gasteiger partial charge on any atom is -0.486 e. The van der Waals surface area contributed by atoms with Gasteiger partial charge in [-0.15, -0.1) is 0 Å². The second kappa shape index (κ2) is 10.1. The molecule has 11 heteroatoms. The Hall–Kier alpha value is -2.95. The third-order valence-corrected chi connectivity index (χ3v) is 5.95. The van der Waals surface area contributed by atoms with Gasteiger partial charge in [0.25, 0.3) is 0 Å². The van der Waals surface area contributed by atoms with Crippen LogP contribution in [0, 0.1) is 5.82 Å². The van der Waals surface area contributed by atoms with E-state index in [9.17, 15) is 17.6 Å². The van der Waals surface area contributed by atoms with Crippen LogP contribution in [0.25, 0.3) is 0 Å². The quantitative estimate of drug-likeness (QED) is 0.603. The Morgan fingerprint density at radius 1 is 1.21 bits per heavy atom. The summed E-state index contributed by atoms with van der Waals surface area (Å²) in [5, 5.41) is 0. The van der Waals surface area contributed by atoms with Crippen molar-refractivity contribution in [3.63, 3.8) is 0 Å². The molecule has 0 N–H and O–H groups in total. The lowest BCUT2D eigenvalue weighted by atomic mass is 10.1. The molecule has 2 aromatic rings. The number of hydrogen-bond acceptors (Lipinski definition) is 8. The molecule has 1 amide bonds. The van der Waals surface area contributed by atoms with Crippen molar-refractivity contribution in [2.24, 2.45) is 0 Å². The lowest BCUT2D eigenvalue weighted by Gasteiger charge is -2.40. The van der Waals surface area contributed by atoms with E-state index in [-0.39, 0.29) is 24.5 Å². The number of sulfone groups is 1. The van der Waals surface area contributed by atoms with E-state index in [1.165, 1.54) is 24.5 Å². The van der Waals surface area contributed by atoms with Gasteiger partial charge < -0.3 is 19.3 Å². The van der Waals surface area contributed by atoms with Crippen LogP contribution in [0.5, 0.6) is 5.75 Å². The number of rotatable bonds is 6. The van der Waals surface area contributed by atoms with E-state index in [4.69, 9.17) is 9.47 Å². The largest absolute Gasteiger partial charge is 0.486 e. The minimum atomic E-state index is -3.24. The number of aromatic nitrogens is 2. The SMILES string of the molecule is C[C@@H]1CN(C(=O)OC(C)(C)C)CCN1c1ncc(OCc2ccc(CS(C)(=O)=O)cc2F)cn1. The maximum absolute atomic E-state index is 14.3. The molecule has 0 aliphatic carbocycles. The van der Waals surface area contributed by atoms with Crippen LogP contribution in [-0.4, -0.2) is 66.9 Å². The number of hydrogen-bond donors (Lipinski definition) is 0. The Bertz CT molecular complexity index is 1120. The van der Waals surface area contributed by atoms with Crippen LogP contribution in [0.3, 0.4) is 0 Å². The highest BCUT2D eigenvalue weighted by Gasteiger charge is 2.30. The summed E-state index contributed by atoms with van der Waals surface area (Å²) >= 11 is 0. The first-order valence-corrected chi connectivity index (χ1v) is 13.0. The fourth-order valence-electron chi connectivity index (χ4n) is 3.54. The standard InChI is InChI=1S/C23H31FN4O5S/c1-16-13-27(22(29)33-23(2,3)4)8-9-28(16)21-25-11-19(12-26-21)32-14-18-7-6-17(10-20(18)24)15-34(5,30)31/h6-7,10-12,16H,8-9,13-15H2,1-5H3/t16-/m1/s1. The number of amides is 1. The maximum Gasteiger partial charge on any atom is 0.410 e. The highest BCUT2D eigenvalue weighted by Crippen LogP contribution is 2.21. The average molecular weight is 495 g/mol. The van der Waals surface area contributed by atoms with Crippen LogP contribution in [0.15, 0.2) is 30.6 Å². The molecule has 1 fully saturated rings. The third kappa shape index (κ3) is 7.28. The van der Waals surface area contributed by atoms with Crippen molar-refractivity contribution in [2.45, 2.75) is 51.7 Å². The number of anilines is 1. The zero-order valence-electron chi connectivity index (χ0n) is 20.1. The molecule has 0 saturated carbocycles. The van der Waals surface area contributed by atoms with Gasteiger partial charge in [-0.2, -0.15) is 0 Å². The van der Waals surface area contributed by atoms with E-state index < -0.39 is 21.3 Å². The van der Waals surface area contributed by atoms with Crippen molar-refractivity contribution >= 4 is 21.9 Å². The van der Waals surface area contributed by atoms with E-state index in [1.807, 2.05) is 32.6 Å². The Labute approximate surface area is 199 Å². The number of nitrogens with zero attached hydrogens (tertiary/aromatic N) is 4. The van der Waals surface area contributed by atoms with E-state index >= 15 is 0 Å². The first-order chi connectivity index (χ1) is 15.8. The highest BCUT2D eigenvalue weighted by molar-refractivity contribution is 7.89. The summed E-state index contributed by atoms with van der Waals surface area (Å²) in [5.74, 6) is 0.143. The molecule has 0 unspecified atom stereocenters. The van der Waals surface area contributed by atoms with Crippen LogP contribution in [0.2, 0.25) is 0 Å². The van der Waals surface area contributed by atoms with Gasteiger partial charge in [0.2, 0.25) is 5.95 Å². The zero-order chi connectivity index (χ0) is 25.1. The molecule has 9 nitrogen and oxygen atoms in total. The van der Waals surface area contributed by atoms with Gasteiger partial charge >= 0.3 is 6.09 Å². The summed E-state index contributed by atoms with van der Waals surface area (Å²) < 4.78 is 48.1. The lowest BCUT2D eigenvalue weighted by molar-refractivity contribution is 0.0218. The predicted molar refractivity (Wildman–Crippen MR) is 126 cm³/mol. The van der Waals surface area contributed by atoms with Gasteiger partial charge in [-0.25, -0.2) is 27.6 Å². The highest BCUT2D eigenvalue weighted by atomic mass is 32.2. The lowest BCUT2D eigenvalue weighted by Crippen LogP contribution is -2.55. The first kappa shape index (κ1) is 25.7. The number of ether oxygens (including phenoxy) is 2. The smallest absolute Gasteiger partial charge is 0.410 e. The Morgan fingerprint density at radius 3 is 2.44 bits per heavy atom. The van der Waals surface area contributed by atoms with Crippen LogP contribution >= 0.6 is 0 Å². The van der Waals surface area contributed by atoms with E-state index in [0.29, 0.717) is 42.5 Å². The van der Waals surface area contributed by atoms with E-state index in [1.54, 1.807) is 11.0 Å². The maximum atomic E-state index is 14.3. The molecule has 1 saturated heterocycles. The van der Waals surface area contributed by atoms with Crippen LogP contribution in [-0.2, 0) is 26.9 Å². The molecule has 1 aliphatic rings. The van der Waals surface area contributed by atoms with E-state index in [0.717, 1.165) is 6.26 Å². The number of halogens is 1. The number of benzene rings is 1. The monoisotopic (exact) mass is 494 g/mol. The molecular weight excluding hydrogens is 463 g/mol. The Kier molecular flexibility index (Phi) is 7.64. The topological polar surface area (TPSA) is 102 Å². The zero-order valence-corrected chi connectivity index (χ0v) is 20.9. The van der Waals surface area contributed by atoms with Gasteiger partial charge in [-0.05, 0) is 39.3 Å². The molecule has 0 radical (unpaired) electrons.